The summed E-state index contributed by atoms with van der Waals surface area (Å²) in [5.41, 5.74) is 9.43. The van der Waals surface area contributed by atoms with Gasteiger partial charge in [0.2, 0.25) is 11.8 Å². The first-order valence-electron chi connectivity index (χ1n) is 8.43. The molecule has 4 heterocycles. The molecule has 3 aromatic heterocycles. The van der Waals surface area contributed by atoms with Crippen molar-refractivity contribution in [3.63, 3.8) is 0 Å². The quantitative estimate of drug-likeness (QED) is 0.545. The van der Waals surface area contributed by atoms with E-state index < -0.39 is 5.92 Å². The van der Waals surface area contributed by atoms with Gasteiger partial charge in [0.25, 0.3) is 0 Å². The van der Waals surface area contributed by atoms with Crippen LogP contribution in [-0.2, 0) is 0 Å². The lowest BCUT2D eigenvalue weighted by Crippen LogP contribution is -2.23. The molecule has 9 heteroatoms. The van der Waals surface area contributed by atoms with Crippen LogP contribution in [0.2, 0.25) is 5.15 Å². The van der Waals surface area contributed by atoms with E-state index in [9.17, 15) is 5.26 Å². The third-order valence-corrected chi connectivity index (χ3v) is 5.80. The molecular formula is C19H13ClN6OS. The number of allylic oxidation sites excluding steroid dienone is 1. The molecule has 1 aliphatic heterocycles. The molecule has 0 radical (unpaired) electrons. The van der Waals surface area contributed by atoms with Gasteiger partial charge < -0.3 is 10.5 Å². The fourth-order valence-corrected chi connectivity index (χ4v) is 4.62. The maximum atomic E-state index is 9.82. The normalized spacial score (nSPS) is 16.1. The van der Waals surface area contributed by atoms with E-state index in [4.69, 9.17) is 22.1 Å². The fraction of sp³-hybridized carbons (Fsp3) is 0.105. The van der Waals surface area contributed by atoms with Gasteiger partial charge in [0.05, 0.1) is 28.6 Å². The molecule has 0 spiro atoms. The third kappa shape index (κ3) is 2.27. The molecule has 2 N–H and O–H groups in total. The Kier molecular flexibility index (Phi) is 3.69. The number of aryl methyl sites for hydroxylation is 1. The van der Waals surface area contributed by atoms with Gasteiger partial charge in [-0.25, -0.2) is 9.67 Å². The summed E-state index contributed by atoms with van der Waals surface area (Å²) >= 11 is 7.96. The minimum absolute atomic E-state index is 0.0401. The number of imidazole rings is 1. The second-order valence-electron chi connectivity index (χ2n) is 6.32. The van der Waals surface area contributed by atoms with Gasteiger partial charge >= 0.3 is 0 Å². The topological polar surface area (TPSA) is 94.2 Å². The van der Waals surface area contributed by atoms with E-state index in [1.165, 1.54) is 11.3 Å². The molecule has 0 aliphatic carbocycles. The number of halogens is 1. The molecule has 0 amide bonds. The van der Waals surface area contributed by atoms with Gasteiger partial charge in [-0.1, -0.05) is 29.8 Å². The third-order valence-electron chi connectivity index (χ3n) is 4.76. The molecule has 28 heavy (non-hydrogen) atoms. The second-order valence-corrected chi connectivity index (χ2v) is 7.55. The lowest BCUT2D eigenvalue weighted by atomic mass is 9.87. The Morgan fingerprint density at radius 3 is 2.86 bits per heavy atom. The molecule has 0 saturated carbocycles. The van der Waals surface area contributed by atoms with Crippen LogP contribution in [0.4, 0.5) is 0 Å². The van der Waals surface area contributed by atoms with Gasteiger partial charge in [-0.15, -0.1) is 11.3 Å². The van der Waals surface area contributed by atoms with Crippen LogP contribution < -0.4 is 10.5 Å². The zero-order valence-corrected chi connectivity index (χ0v) is 16.2. The highest BCUT2D eigenvalue weighted by atomic mass is 35.5. The lowest BCUT2D eigenvalue weighted by Gasteiger charge is -2.24. The number of hydrogen-bond donors (Lipinski definition) is 1. The van der Waals surface area contributed by atoms with E-state index >= 15 is 0 Å². The van der Waals surface area contributed by atoms with Crippen LogP contribution in [0.5, 0.6) is 5.88 Å². The summed E-state index contributed by atoms with van der Waals surface area (Å²) in [5.74, 6) is -0.00640. The number of rotatable bonds is 2. The van der Waals surface area contributed by atoms with Gasteiger partial charge in [-0.3, -0.25) is 4.40 Å². The highest BCUT2D eigenvalue weighted by molar-refractivity contribution is 7.15. The van der Waals surface area contributed by atoms with Crippen LogP contribution in [0.3, 0.4) is 0 Å². The van der Waals surface area contributed by atoms with Crippen molar-refractivity contribution in [2.24, 2.45) is 5.73 Å². The van der Waals surface area contributed by atoms with E-state index in [-0.39, 0.29) is 11.5 Å². The van der Waals surface area contributed by atoms with Gasteiger partial charge in [0.15, 0.2) is 10.1 Å². The number of para-hydroxylation sites is 1. The predicted molar refractivity (Wildman–Crippen MR) is 106 cm³/mol. The van der Waals surface area contributed by atoms with Crippen molar-refractivity contribution in [2.75, 3.05) is 0 Å². The van der Waals surface area contributed by atoms with Gasteiger partial charge in [0, 0.05) is 11.6 Å². The molecule has 0 saturated heterocycles. The molecule has 5 rings (SSSR count). The van der Waals surface area contributed by atoms with Crippen molar-refractivity contribution in [3.8, 4) is 17.6 Å². The zero-order valence-electron chi connectivity index (χ0n) is 14.6. The number of nitrogens with zero attached hydrogens (tertiary/aromatic N) is 5. The summed E-state index contributed by atoms with van der Waals surface area (Å²) in [5, 5.41) is 16.7. The van der Waals surface area contributed by atoms with Gasteiger partial charge in [0.1, 0.15) is 11.6 Å². The van der Waals surface area contributed by atoms with Crippen LogP contribution in [0.25, 0.3) is 10.6 Å². The number of hydrogen-bond acceptors (Lipinski definition) is 6. The van der Waals surface area contributed by atoms with Gasteiger partial charge in [-0.05, 0) is 19.1 Å². The van der Waals surface area contributed by atoms with E-state index in [1.807, 2.05) is 53.2 Å². The molecular weight excluding hydrogens is 396 g/mol. The van der Waals surface area contributed by atoms with E-state index in [0.29, 0.717) is 16.7 Å². The highest BCUT2D eigenvalue weighted by Gasteiger charge is 2.39. The van der Waals surface area contributed by atoms with E-state index in [2.05, 4.69) is 16.2 Å². The SMILES string of the molecule is Cc1nn(-c2ccccc2)c2c1[C@@H](c1c(Cl)nc3sccn13)C(C#N)=C(N)O2. The Hall–Kier alpha value is -3.28. The van der Waals surface area contributed by atoms with E-state index in [1.54, 1.807) is 4.68 Å². The number of nitrogens with two attached hydrogens (primary N) is 1. The van der Waals surface area contributed by atoms with Crippen molar-refractivity contribution in [1.29, 1.82) is 5.26 Å². The van der Waals surface area contributed by atoms with Crippen molar-refractivity contribution < 1.29 is 4.74 Å². The van der Waals surface area contributed by atoms with Crippen LogP contribution in [0.15, 0.2) is 53.4 Å². The van der Waals surface area contributed by atoms with Crippen LogP contribution in [-0.4, -0.2) is 19.2 Å². The largest absolute Gasteiger partial charge is 0.422 e. The summed E-state index contributed by atoms with van der Waals surface area (Å²) in [6, 6.07) is 11.8. The molecule has 1 aliphatic rings. The number of aromatic nitrogens is 4. The Morgan fingerprint density at radius 2 is 2.11 bits per heavy atom. The Labute approximate surface area is 168 Å². The molecule has 138 valence electrons. The van der Waals surface area contributed by atoms with Gasteiger partial charge in [-0.2, -0.15) is 10.4 Å². The molecule has 4 aromatic rings. The summed E-state index contributed by atoms with van der Waals surface area (Å²) < 4.78 is 9.45. The zero-order chi connectivity index (χ0) is 19.4. The smallest absolute Gasteiger partial charge is 0.229 e. The summed E-state index contributed by atoms with van der Waals surface area (Å²) in [7, 11) is 0. The Morgan fingerprint density at radius 1 is 1.32 bits per heavy atom. The maximum absolute atomic E-state index is 9.82. The number of benzene rings is 1. The molecule has 0 unspecified atom stereocenters. The van der Waals surface area contributed by atoms with Crippen molar-refractivity contribution in [3.05, 3.63) is 75.5 Å². The fourth-order valence-electron chi connectivity index (χ4n) is 3.57. The molecule has 7 nitrogen and oxygen atoms in total. The molecule has 0 bridgehead atoms. The maximum Gasteiger partial charge on any atom is 0.229 e. The number of ether oxygens (including phenoxy) is 1. The molecule has 1 atom stereocenters. The lowest BCUT2D eigenvalue weighted by molar-refractivity contribution is 0.366. The Bertz CT molecular complexity index is 1290. The monoisotopic (exact) mass is 408 g/mol. The highest BCUT2D eigenvalue weighted by Crippen LogP contribution is 2.46. The first-order chi connectivity index (χ1) is 13.6. The summed E-state index contributed by atoms with van der Waals surface area (Å²) in [4.78, 5) is 5.16. The molecule has 1 aromatic carbocycles. The van der Waals surface area contributed by atoms with Crippen molar-refractivity contribution in [1.82, 2.24) is 19.2 Å². The second kappa shape index (κ2) is 6.12. The standard InChI is InChI=1S/C19H13ClN6OS/c1-10-13-14(15-16(20)23-19-25(15)7-8-28-19)12(9-21)17(22)27-18(13)26(24-10)11-5-3-2-4-6-11/h2-8,14H,22H2,1H3/t14-/m0/s1. The van der Waals surface area contributed by atoms with Crippen LogP contribution in [0, 0.1) is 18.3 Å². The predicted octanol–water partition coefficient (Wildman–Crippen LogP) is 3.76. The average Bonchev–Trinajstić information content (AvgIpc) is 3.35. The van der Waals surface area contributed by atoms with Crippen molar-refractivity contribution in [2.45, 2.75) is 12.8 Å². The minimum Gasteiger partial charge on any atom is -0.422 e. The number of thiazole rings is 1. The number of fused-ring (bicyclic) bond motifs is 2. The Balaban J connectivity index is 1.82. The summed E-state index contributed by atoms with van der Waals surface area (Å²) in [6.45, 7) is 1.88. The first kappa shape index (κ1) is 16.9. The van der Waals surface area contributed by atoms with Crippen LogP contribution >= 0.6 is 22.9 Å². The van der Waals surface area contributed by atoms with E-state index in [0.717, 1.165) is 21.9 Å². The average molecular weight is 409 g/mol. The summed E-state index contributed by atoms with van der Waals surface area (Å²) in [6.07, 6.45) is 1.88. The first-order valence-corrected chi connectivity index (χ1v) is 9.69. The minimum atomic E-state index is -0.525. The number of nitriles is 1. The van der Waals surface area contributed by atoms with Crippen LogP contribution in [0.1, 0.15) is 22.9 Å². The molecule has 0 fully saturated rings. The van der Waals surface area contributed by atoms with Crippen molar-refractivity contribution >= 4 is 27.9 Å².